The molecule has 0 aliphatic heterocycles. The number of nitrogens with zero attached hydrogens (tertiary/aromatic N) is 2. The fourth-order valence-corrected chi connectivity index (χ4v) is 1.62. The molecular weight excluding hydrogens is 272 g/mol. The average molecular weight is 279 g/mol. The minimum Gasteiger partial charge on any atom is -0.240 e. The van der Waals surface area contributed by atoms with Gasteiger partial charge in [-0.25, -0.2) is 9.07 Å². The lowest BCUT2D eigenvalue weighted by molar-refractivity contribution is -0.141. The maximum atomic E-state index is 13.2. The van der Waals surface area contributed by atoms with E-state index in [-0.39, 0.29) is 11.6 Å². The van der Waals surface area contributed by atoms with Gasteiger partial charge in [-0.2, -0.15) is 18.3 Å². The van der Waals surface area contributed by atoms with Crippen LogP contribution in [-0.2, 0) is 12.1 Å². The van der Waals surface area contributed by atoms with E-state index in [2.05, 4.69) is 5.10 Å². The molecule has 0 atom stereocenters. The van der Waals surface area contributed by atoms with Crippen LogP contribution in [0.4, 0.5) is 17.6 Å². The highest BCUT2D eigenvalue weighted by Crippen LogP contribution is 2.28. The molecule has 96 valence electrons. The fraction of sp³-hybridized carbons (Fsp3) is 0.182. The van der Waals surface area contributed by atoms with Gasteiger partial charge in [-0.05, 0) is 29.8 Å². The van der Waals surface area contributed by atoms with Gasteiger partial charge in [0.2, 0.25) is 0 Å². The van der Waals surface area contributed by atoms with Crippen LogP contribution in [-0.4, -0.2) is 9.78 Å². The highest BCUT2D eigenvalue weighted by molar-refractivity contribution is 6.17. The topological polar surface area (TPSA) is 17.8 Å². The smallest absolute Gasteiger partial charge is 0.240 e. The van der Waals surface area contributed by atoms with E-state index in [1.54, 1.807) is 0 Å². The van der Waals surface area contributed by atoms with E-state index in [1.807, 2.05) is 0 Å². The first kappa shape index (κ1) is 12.9. The minimum absolute atomic E-state index is 0.0676. The van der Waals surface area contributed by atoms with Crippen LogP contribution in [0, 0.1) is 5.82 Å². The molecule has 0 aliphatic rings. The van der Waals surface area contributed by atoms with Crippen LogP contribution in [0.15, 0.2) is 30.5 Å². The number of alkyl halides is 4. The number of hydrogen-bond donors (Lipinski definition) is 0. The first-order valence-corrected chi connectivity index (χ1v) is 5.42. The van der Waals surface area contributed by atoms with Gasteiger partial charge in [-0.1, -0.05) is 0 Å². The third-order valence-corrected chi connectivity index (χ3v) is 2.55. The monoisotopic (exact) mass is 278 g/mol. The summed E-state index contributed by atoms with van der Waals surface area (Å²) in [6, 6.07) is 4.60. The quantitative estimate of drug-likeness (QED) is 0.604. The van der Waals surface area contributed by atoms with Crippen molar-refractivity contribution in [2.24, 2.45) is 0 Å². The first-order valence-electron chi connectivity index (χ1n) is 4.89. The van der Waals surface area contributed by atoms with Crippen LogP contribution in [0.5, 0.6) is 0 Å². The molecule has 0 radical (unpaired) electrons. The lowest BCUT2D eigenvalue weighted by Crippen LogP contribution is -2.07. The molecule has 2 rings (SSSR count). The van der Waals surface area contributed by atoms with Crippen molar-refractivity contribution in [2.45, 2.75) is 12.1 Å². The molecule has 18 heavy (non-hydrogen) atoms. The molecule has 0 amide bonds. The summed E-state index contributed by atoms with van der Waals surface area (Å²) in [7, 11) is 0. The van der Waals surface area contributed by atoms with Gasteiger partial charge in [0.05, 0.1) is 5.69 Å². The van der Waals surface area contributed by atoms with Crippen molar-refractivity contribution < 1.29 is 17.6 Å². The Morgan fingerprint density at radius 3 is 2.50 bits per heavy atom. The number of benzene rings is 1. The van der Waals surface area contributed by atoms with Crippen LogP contribution in [0.2, 0.25) is 0 Å². The number of aromatic nitrogens is 2. The molecule has 1 aromatic heterocycles. The highest BCUT2D eigenvalue weighted by Gasteiger charge is 2.33. The van der Waals surface area contributed by atoms with E-state index >= 15 is 0 Å². The van der Waals surface area contributed by atoms with Crippen LogP contribution >= 0.6 is 11.6 Å². The third kappa shape index (κ3) is 2.64. The molecule has 0 spiro atoms. The van der Waals surface area contributed by atoms with Crippen LogP contribution < -0.4 is 0 Å². The third-order valence-electron chi connectivity index (χ3n) is 2.24. The van der Waals surface area contributed by atoms with Crippen molar-refractivity contribution in [2.75, 3.05) is 0 Å². The molecule has 1 aromatic carbocycles. The van der Waals surface area contributed by atoms with Crippen LogP contribution in [0.3, 0.4) is 0 Å². The molecule has 0 fully saturated rings. The Bertz CT molecular complexity index is 562. The second kappa shape index (κ2) is 4.61. The Morgan fingerprint density at radius 2 is 1.94 bits per heavy atom. The van der Waals surface area contributed by atoms with Gasteiger partial charge < -0.3 is 0 Å². The lowest BCUT2D eigenvalue weighted by Gasteiger charge is -2.05. The summed E-state index contributed by atoms with van der Waals surface area (Å²) in [4.78, 5) is 0. The van der Waals surface area contributed by atoms with E-state index in [0.717, 1.165) is 23.0 Å². The fourth-order valence-electron chi connectivity index (χ4n) is 1.46. The maximum Gasteiger partial charge on any atom is 0.435 e. The van der Waals surface area contributed by atoms with Crippen molar-refractivity contribution in [3.63, 3.8) is 0 Å². The summed E-state index contributed by atoms with van der Waals surface area (Å²) in [5, 5.41) is 3.35. The molecule has 1 heterocycles. The van der Waals surface area contributed by atoms with Crippen LogP contribution in [0.1, 0.15) is 11.3 Å². The predicted molar refractivity (Wildman–Crippen MR) is 58.1 cm³/mol. The highest BCUT2D eigenvalue weighted by atomic mass is 35.5. The number of halogens is 5. The largest absolute Gasteiger partial charge is 0.435 e. The summed E-state index contributed by atoms with van der Waals surface area (Å²) >= 11 is 5.56. The summed E-state index contributed by atoms with van der Waals surface area (Å²) in [6.45, 7) is 0. The van der Waals surface area contributed by atoms with Crippen molar-refractivity contribution >= 4 is 11.6 Å². The van der Waals surface area contributed by atoms with Crippen molar-refractivity contribution in [1.29, 1.82) is 0 Å². The predicted octanol–water partition coefficient (Wildman–Crippen LogP) is 3.77. The van der Waals surface area contributed by atoms with Gasteiger partial charge in [0, 0.05) is 12.1 Å². The maximum absolute atomic E-state index is 13.2. The number of hydrogen-bond acceptors (Lipinski definition) is 1. The van der Waals surface area contributed by atoms with E-state index in [0.29, 0.717) is 5.56 Å². The zero-order valence-corrected chi connectivity index (χ0v) is 9.63. The summed E-state index contributed by atoms with van der Waals surface area (Å²) in [6.07, 6.45) is -3.40. The van der Waals surface area contributed by atoms with Crippen molar-refractivity contribution in [3.8, 4) is 5.69 Å². The standard InChI is InChI=1S/C11H7ClF4N2/c12-6-7-3-8(13)5-9(4-7)18-2-1-10(17-18)11(14,15)16/h1-5H,6H2. The second-order valence-corrected chi connectivity index (χ2v) is 3.86. The normalized spacial score (nSPS) is 11.8. The van der Waals surface area contributed by atoms with Crippen molar-refractivity contribution in [3.05, 3.63) is 47.5 Å². The van der Waals surface area contributed by atoms with Gasteiger partial charge in [0.25, 0.3) is 0 Å². The minimum atomic E-state index is -4.52. The van der Waals surface area contributed by atoms with Crippen LogP contribution in [0.25, 0.3) is 5.69 Å². The first-order chi connectivity index (χ1) is 8.40. The Labute approximate surface area is 105 Å². The van der Waals surface area contributed by atoms with Gasteiger partial charge in [-0.15, -0.1) is 11.6 Å². The van der Waals surface area contributed by atoms with E-state index < -0.39 is 17.7 Å². The molecule has 0 bridgehead atoms. The molecule has 0 aliphatic carbocycles. The van der Waals surface area contributed by atoms with Crippen molar-refractivity contribution in [1.82, 2.24) is 9.78 Å². The van der Waals surface area contributed by atoms with E-state index in [9.17, 15) is 17.6 Å². The summed E-state index contributed by atoms with van der Waals surface area (Å²) < 4.78 is 51.3. The molecule has 0 saturated heterocycles. The Hall–Kier alpha value is -1.56. The Kier molecular flexibility index (Phi) is 3.30. The number of rotatable bonds is 2. The lowest BCUT2D eigenvalue weighted by atomic mass is 10.2. The molecule has 2 nitrogen and oxygen atoms in total. The Morgan fingerprint density at radius 1 is 1.22 bits per heavy atom. The van der Waals surface area contributed by atoms with Gasteiger partial charge in [0.15, 0.2) is 5.69 Å². The molecule has 2 aromatic rings. The van der Waals surface area contributed by atoms with Gasteiger partial charge >= 0.3 is 6.18 Å². The zero-order chi connectivity index (χ0) is 13.3. The van der Waals surface area contributed by atoms with Gasteiger partial charge in [0.1, 0.15) is 5.82 Å². The van der Waals surface area contributed by atoms with Gasteiger partial charge in [-0.3, -0.25) is 0 Å². The second-order valence-electron chi connectivity index (χ2n) is 3.59. The summed E-state index contributed by atoms with van der Waals surface area (Å²) in [5.41, 5.74) is -0.365. The molecule has 0 unspecified atom stereocenters. The molecule has 0 N–H and O–H groups in total. The average Bonchev–Trinajstić information content (AvgIpc) is 2.77. The van der Waals surface area contributed by atoms with E-state index in [1.165, 1.54) is 12.1 Å². The molecule has 7 heteroatoms. The molecular formula is C11H7ClF4N2. The van der Waals surface area contributed by atoms with E-state index in [4.69, 9.17) is 11.6 Å². The summed E-state index contributed by atoms with van der Waals surface area (Å²) in [5.74, 6) is -0.509. The SMILES string of the molecule is Fc1cc(CCl)cc(-n2ccc(C(F)(F)F)n2)c1. The molecule has 0 saturated carbocycles. The zero-order valence-electron chi connectivity index (χ0n) is 8.88. The Balaban J connectivity index is 2.43.